The number of phenols is 1. The van der Waals surface area contributed by atoms with Gasteiger partial charge in [-0.3, -0.25) is 28.8 Å². The highest BCUT2D eigenvalue weighted by Gasteiger charge is 2.58. The second kappa shape index (κ2) is 21.2. The minimum atomic E-state index is -5.59. The van der Waals surface area contributed by atoms with Gasteiger partial charge < -0.3 is 19.1 Å². The third-order valence-corrected chi connectivity index (χ3v) is 14.0. The summed E-state index contributed by atoms with van der Waals surface area (Å²) in [6, 6.07) is 5.62. The molecule has 58 heavy (non-hydrogen) atoms. The molecule has 0 amide bonds. The summed E-state index contributed by atoms with van der Waals surface area (Å²) in [5.41, 5.74) is 2.06. The summed E-state index contributed by atoms with van der Waals surface area (Å²) in [5, 5.41) is 10.3. The lowest BCUT2D eigenvalue weighted by Crippen LogP contribution is -2.48. The van der Waals surface area contributed by atoms with E-state index in [9.17, 15) is 60.4 Å². The van der Waals surface area contributed by atoms with E-state index in [0.717, 1.165) is 76.2 Å². The molecule has 2 fully saturated rings. The van der Waals surface area contributed by atoms with E-state index in [0.29, 0.717) is 24.7 Å². The maximum absolute atomic E-state index is 13.1. The Hall–Kier alpha value is -3.40. The van der Waals surface area contributed by atoms with Crippen molar-refractivity contribution in [1.29, 1.82) is 0 Å². The fourth-order valence-corrected chi connectivity index (χ4v) is 10.9. The number of benzene rings is 1. The molecule has 4 rings (SSSR count). The number of unbranched alkanes of at least 4 members (excludes halogenated alkanes) is 6. The number of ether oxygens (including phenoxy) is 2. The molecule has 16 heteroatoms. The standard InChI is InChI=1S/C42H55F5O10S/c1-40-17-15-34-33-12-11-29(50)21-28(33)20-27(10-7-5-3-2-4-6-8-18-58(55)19-9-16-41(43,44)42(45,46)47)39(34)35(40)13-14-36(40)57-38(54)24-37(53)56-32(22-30(51)25-48)23-31(52)26-49/h11-12,21,25-27,32,34-36,39,50H,2-10,13-20,22-24H2,1H3/t27-,34-,35+,36+,39-,40+,58?/m1/s1. The smallest absolute Gasteiger partial charge is 0.453 e. The Balaban J connectivity index is 1.26. The Kier molecular flexibility index (Phi) is 17.3. The molecule has 0 aliphatic heterocycles. The summed E-state index contributed by atoms with van der Waals surface area (Å²) in [6.45, 7) is 2.15. The van der Waals surface area contributed by atoms with Gasteiger partial charge in [0.25, 0.3) is 0 Å². The van der Waals surface area contributed by atoms with Crippen molar-refractivity contribution in [3.8, 4) is 5.75 Å². The van der Waals surface area contributed by atoms with Crippen LogP contribution >= 0.6 is 0 Å². The lowest BCUT2D eigenvalue weighted by atomic mass is 9.52. The molecule has 0 heterocycles. The Bertz CT molecular complexity index is 1580. The van der Waals surface area contributed by atoms with E-state index in [1.807, 2.05) is 12.1 Å². The van der Waals surface area contributed by atoms with Crippen LogP contribution in [0.2, 0.25) is 0 Å². The summed E-state index contributed by atoms with van der Waals surface area (Å²) >= 11 is -1.43. The summed E-state index contributed by atoms with van der Waals surface area (Å²) in [4.78, 5) is 70.5. The topological polar surface area (TPSA) is 164 Å². The van der Waals surface area contributed by atoms with Gasteiger partial charge in [0.1, 0.15) is 35.9 Å². The number of esters is 2. The number of fused-ring (bicyclic) bond motifs is 5. The van der Waals surface area contributed by atoms with Crippen molar-refractivity contribution in [3.63, 3.8) is 0 Å². The maximum atomic E-state index is 13.1. The molecule has 0 spiro atoms. The molecule has 3 aliphatic rings. The molecule has 7 atom stereocenters. The van der Waals surface area contributed by atoms with Gasteiger partial charge >= 0.3 is 24.0 Å². The van der Waals surface area contributed by atoms with Crippen LogP contribution in [0.1, 0.15) is 133 Å². The normalized spacial score (nSPS) is 24.6. The van der Waals surface area contributed by atoms with Crippen molar-refractivity contribution in [1.82, 2.24) is 0 Å². The first-order valence-corrected chi connectivity index (χ1v) is 21.8. The third kappa shape index (κ3) is 12.8. The first-order chi connectivity index (χ1) is 27.4. The molecule has 1 N–H and O–H groups in total. The maximum Gasteiger partial charge on any atom is 0.453 e. The van der Waals surface area contributed by atoms with Gasteiger partial charge in [-0.25, -0.2) is 0 Å². The van der Waals surface area contributed by atoms with Gasteiger partial charge in [0, 0.05) is 11.8 Å². The number of aromatic hydroxyl groups is 1. The van der Waals surface area contributed by atoms with E-state index >= 15 is 0 Å². The van der Waals surface area contributed by atoms with Crippen LogP contribution in [-0.4, -0.2) is 81.5 Å². The van der Waals surface area contributed by atoms with Crippen LogP contribution in [0.15, 0.2) is 18.2 Å². The van der Waals surface area contributed by atoms with Crippen LogP contribution in [0.5, 0.6) is 5.75 Å². The monoisotopic (exact) mass is 846 g/mol. The van der Waals surface area contributed by atoms with E-state index in [2.05, 4.69) is 6.92 Å². The molecule has 0 bridgehead atoms. The van der Waals surface area contributed by atoms with Gasteiger partial charge in [0.15, 0.2) is 24.1 Å². The molecule has 1 aromatic rings. The highest BCUT2D eigenvalue weighted by molar-refractivity contribution is 7.91. The van der Waals surface area contributed by atoms with E-state index in [1.54, 1.807) is 6.07 Å². The van der Waals surface area contributed by atoms with Gasteiger partial charge in [-0.15, -0.1) is 0 Å². The lowest BCUT2D eigenvalue weighted by Gasteiger charge is -2.53. The highest BCUT2D eigenvalue weighted by Crippen LogP contribution is 2.63. The summed E-state index contributed by atoms with van der Waals surface area (Å²) < 4.78 is 86.3. The van der Waals surface area contributed by atoms with Gasteiger partial charge in [-0.2, -0.15) is 22.0 Å². The molecular formula is C42H55F5O10S. The number of hydrogen-bond donors (Lipinski definition) is 1. The number of Topliss-reactive ketones (excluding diaryl/α,β-unsaturated/α-hetero) is 2. The summed E-state index contributed by atoms with van der Waals surface area (Å²) in [6.07, 6.45) is 0.0827. The first-order valence-electron chi connectivity index (χ1n) is 20.3. The minimum absolute atomic E-state index is 0.0201. The number of carbonyl (C=O) groups excluding carboxylic acids is 6. The SMILES string of the molecule is C[C@]12CC[C@@H]3c4ccc(O)cc4C[C@@H](CCCCCCCCC[S+]([O-])CCCC(F)(F)C(F)(F)F)[C@H]3[C@@H]1CC[C@@H]2OC(=O)CC(=O)OC(CC(=O)C=O)CC(=O)C=O. The fourth-order valence-electron chi connectivity index (χ4n) is 9.70. The number of phenolic OH excluding ortho intramolecular Hbond substituents is 1. The van der Waals surface area contributed by atoms with Crippen LogP contribution in [0.25, 0.3) is 0 Å². The van der Waals surface area contributed by atoms with E-state index < -0.39 is 91.1 Å². The van der Waals surface area contributed by atoms with Crippen molar-refractivity contribution in [2.45, 2.75) is 153 Å². The zero-order valence-corrected chi connectivity index (χ0v) is 33.7. The number of rotatable bonds is 24. The van der Waals surface area contributed by atoms with E-state index in [-0.39, 0.29) is 47.1 Å². The molecule has 3 aliphatic carbocycles. The predicted molar refractivity (Wildman–Crippen MR) is 202 cm³/mol. The van der Waals surface area contributed by atoms with Crippen molar-refractivity contribution in [2.75, 3.05) is 11.5 Å². The number of ketones is 2. The fraction of sp³-hybridized carbons (Fsp3) is 0.714. The number of alkyl halides is 5. The number of aldehydes is 2. The van der Waals surface area contributed by atoms with Crippen LogP contribution < -0.4 is 0 Å². The number of halogens is 5. The molecule has 2 saturated carbocycles. The molecule has 1 unspecified atom stereocenters. The van der Waals surface area contributed by atoms with Gasteiger partial charge in [-0.1, -0.05) is 56.3 Å². The van der Waals surface area contributed by atoms with Crippen LogP contribution in [-0.2, 0) is 55.8 Å². The molecule has 0 radical (unpaired) electrons. The van der Waals surface area contributed by atoms with Gasteiger partial charge in [0.05, 0.1) is 12.8 Å². The van der Waals surface area contributed by atoms with E-state index in [1.165, 1.54) is 5.56 Å². The van der Waals surface area contributed by atoms with Crippen molar-refractivity contribution >= 4 is 47.3 Å². The minimum Gasteiger partial charge on any atom is -0.616 e. The average Bonchev–Trinajstić information content (AvgIpc) is 3.47. The molecule has 1 aromatic carbocycles. The molecule has 324 valence electrons. The van der Waals surface area contributed by atoms with Crippen molar-refractivity contribution < 1.29 is 69.9 Å². The zero-order valence-electron chi connectivity index (χ0n) is 32.9. The Morgan fingerprint density at radius 2 is 1.52 bits per heavy atom. The second-order valence-electron chi connectivity index (χ2n) is 16.5. The van der Waals surface area contributed by atoms with E-state index in [4.69, 9.17) is 9.47 Å². The summed E-state index contributed by atoms with van der Waals surface area (Å²) in [5.74, 6) is -6.95. The Labute approximate surface area is 338 Å². The molecule has 10 nitrogen and oxygen atoms in total. The molecule has 0 aromatic heterocycles. The third-order valence-electron chi connectivity index (χ3n) is 12.5. The largest absolute Gasteiger partial charge is 0.616 e. The second-order valence-corrected chi connectivity index (χ2v) is 18.2. The molecule has 0 saturated heterocycles. The van der Waals surface area contributed by atoms with Gasteiger partial charge in [-0.05, 0) is 105 Å². The van der Waals surface area contributed by atoms with Crippen LogP contribution in [0.3, 0.4) is 0 Å². The van der Waals surface area contributed by atoms with Crippen LogP contribution in [0.4, 0.5) is 22.0 Å². The van der Waals surface area contributed by atoms with Crippen LogP contribution in [0, 0.1) is 23.2 Å². The molecular weight excluding hydrogens is 792 g/mol. The lowest BCUT2D eigenvalue weighted by molar-refractivity contribution is -0.284. The number of hydrogen-bond acceptors (Lipinski definition) is 10. The summed E-state index contributed by atoms with van der Waals surface area (Å²) in [7, 11) is 0. The predicted octanol–water partition coefficient (Wildman–Crippen LogP) is 7.85. The Morgan fingerprint density at radius 3 is 2.16 bits per heavy atom. The quantitative estimate of drug-likeness (QED) is 0.0206. The zero-order chi connectivity index (χ0) is 42.7. The van der Waals surface area contributed by atoms with Gasteiger partial charge in [0.2, 0.25) is 0 Å². The first kappa shape index (κ1) is 47.3. The van der Waals surface area contributed by atoms with Crippen molar-refractivity contribution in [3.05, 3.63) is 29.3 Å². The Morgan fingerprint density at radius 1 is 0.897 bits per heavy atom. The highest BCUT2D eigenvalue weighted by atomic mass is 32.2. The average molecular weight is 847 g/mol. The number of carbonyl (C=O) groups is 6. The van der Waals surface area contributed by atoms with Crippen molar-refractivity contribution in [2.24, 2.45) is 23.2 Å².